The van der Waals surface area contributed by atoms with Gasteiger partial charge in [-0.25, -0.2) is 4.79 Å². The first-order valence-corrected chi connectivity index (χ1v) is 6.49. The SMILES string of the molecule is COc1ccc(C=CC(=O)O)cc1CN1CCCC1. The third-order valence-electron chi connectivity index (χ3n) is 3.32. The molecule has 1 aliphatic heterocycles. The average Bonchev–Trinajstić information content (AvgIpc) is 2.89. The Hall–Kier alpha value is -1.81. The molecule has 0 unspecified atom stereocenters. The van der Waals surface area contributed by atoms with Crippen LogP contribution in [0.25, 0.3) is 6.08 Å². The van der Waals surface area contributed by atoms with Gasteiger partial charge in [-0.3, -0.25) is 4.90 Å². The molecule has 0 saturated carbocycles. The summed E-state index contributed by atoms with van der Waals surface area (Å²) in [6, 6.07) is 5.76. The third kappa shape index (κ3) is 3.83. The van der Waals surface area contributed by atoms with Gasteiger partial charge in [-0.05, 0) is 49.7 Å². The first-order valence-electron chi connectivity index (χ1n) is 6.49. The largest absolute Gasteiger partial charge is 0.496 e. The van der Waals surface area contributed by atoms with Gasteiger partial charge in [0.15, 0.2) is 0 Å². The number of methoxy groups -OCH3 is 1. The Balaban J connectivity index is 2.17. The van der Waals surface area contributed by atoms with E-state index in [2.05, 4.69) is 4.90 Å². The number of carboxylic acids is 1. The lowest BCUT2D eigenvalue weighted by atomic mass is 10.1. The molecule has 0 radical (unpaired) electrons. The van der Waals surface area contributed by atoms with Crippen LogP contribution < -0.4 is 4.74 Å². The molecule has 2 rings (SSSR count). The van der Waals surface area contributed by atoms with Crippen LogP contribution in [-0.4, -0.2) is 36.2 Å². The predicted molar refractivity (Wildman–Crippen MR) is 74.2 cm³/mol. The fourth-order valence-electron chi connectivity index (χ4n) is 2.37. The first kappa shape index (κ1) is 13.6. The number of ether oxygens (including phenoxy) is 1. The quantitative estimate of drug-likeness (QED) is 0.827. The van der Waals surface area contributed by atoms with E-state index in [1.54, 1.807) is 13.2 Å². The molecule has 0 atom stereocenters. The van der Waals surface area contributed by atoms with Crippen molar-refractivity contribution in [1.82, 2.24) is 4.90 Å². The number of hydrogen-bond donors (Lipinski definition) is 1. The molecule has 4 heteroatoms. The van der Waals surface area contributed by atoms with Gasteiger partial charge >= 0.3 is 5.97 Å². The van der Waals surface area contributed by atoms with Crippen LogP contribution in [0.15, 0.2) is 24.3 Å². The van der Waals surface area contributed by atoms with E-state index in [1.165, 1.54) is 12.8 Å². The second-order valence-electron chi connectivity index (χ2n) is 4.73. The van der Waals surface area contributed by atoms with Gasteiger partial charge in [0.25, 0.3) is 0 Å². The highest BCUT2D eigenvalue weighted by Gasteiger charge is 2.14. The molecule has 0 aromatic heterocycles. The van der Waals surface area contributed by atoms with Gasteiger partial charge in [0.2, 0.25) is 0 Å². The summed E-state index contributed by atoms with van der Waals surface area (Å²) < 4.78 is 5.37. The third-order valence-corrected chi connectivity index (χ3v) is 3.32. The van der Waals surface area contributed by atoms with Gasteiger partial charge in [0, 0.05) is 18.2 Å². The van der Waals surface area contributed by atoms with Crippen LogP contribution in [0.3, 0.4) is 0 Å². The summed E-state index contributed by atoms with van der Waals surface area (Å²) in [6.07, 6.45) is 5.26. The van der Waals surface area contributed by atoms with E-state index in [4.69, 9.17) is 9.84 Å². The van der Waals surface area contributed by atoms with Crippen molar-refractivity contribution in [3.63, 3.8) is 0 Å². The maximum Gasteiger partial charge on any atom is 0.328 e. The molecule has 1 saturated heterocycles. The summed E-state index contributed by atoms with van der Waals surface area (Å²) >= 11 is 0. The minimum Gasteiger partial charge on any atom is -0.496 e. The summed E-state index contributed by atoms with van der Waals surface area (Å²) in [5, 5.41) is 8.65. The molecule has 0 aliphatic carbocycles. The monoisotopic (exact) mass is 261 g/mol. The Kier molecular flexibility index (Phi) is 4.58. The van der Waals surface area contributed by atoms with Crippen molar-refractivity contribution in [2.24, 2.45) is 0 Å². The summed E-state index contributed by atoms with van der Waals surface area (Å²) in [5.74, 6) is -0.0729. The number of aliphatic carboxylic acids is 1. The van der Waals surface area contributed by atoms with Crippen molar-refractivity contribution in [3.8, 4) is 5.75 Å². The average molecular weight is 261 g/mol. The number of nitrogens with zero attached hydrogens (tertiary/aromatic N) is 1. The van der Waals surface area contributed by atoms with Gasteiger partial charge in [-0.15, -0.1) is 0 Å². The fraction of sp³-hybridized carbons (Fsp3) is 0.400. The topological polar surface area (TPSA) is 49.8 Å². The zero-order chi connectivity index (χ0) is 13.7. The van der Waals surface area contributed by atoms with E-state index in [1.807, 2.05) is 18.2 Å². The van der Waals surface area contributed by atoms with Crippen LogP contribution in [0.2, 0.25) is 0 Å². The Morgan fingerprint density at radius 2 is 2.16 bits per heavy atom. The molecule has 102 valence electrons. The number of likely N-dealkylation sites (tertiary alicyclic amines) is 1. The molecule has 0 amide bonds. The molecular formula is C15H19NO3. The Morgan fingerprint density at radius 3 is 2.79 bits per heavy atom. The summed E-state index contributed by atoms with van der Waals surface area (Å²) in [5.41, 5.74) is 1.99. The van der Waals surface area contributed by atoms with Crippen LogP contribution in [-0.2, 0) is 11.3 Å². The van der Waals surface area contributed by atoms with Crippen LogP contribution >= 0.6 is 0 Å². The van der Waals surface area contributed by atoms with E-state index >= 15 is 0 Å². The molecule has 1 aromatic carbocycles. The minimum absolute atomic E-state index is 0.859. The molecule has 4 nitrogen and oxygen atoms in total. The van der Waals surface area contributed by atoms with E-state index in [9.17, 15) is 4.79 Å². The van der Waals surface area contributed by atoms with Crippen molar-refractivity contribution in [2.75, 3.05) is 20.2 Å². The van der Waals surface area contributed by atoms with Crippen LogP contribution in [0, 0.1) is 0 Å². The molecule has 1 aromatic rings. The number of hydrogen-bond acceptors (Lipinski definition) is 3. The fourth-order valence-corrected chi connectivity index (χ4v) is 2.37. The number of rotatable bonds is 5. The van der Waals surface area contributed by atoms with Gasteiger partial charge in [0.05, 0.1) is 7.11 Å². The molecule has 1 N–H and O–H groups in total. The molecule has 19 heavy (non-hydrogen) atoms. The molecule has 1 fully saturated rings. The van der Waals surface area contributed by atoms with E-state index < -0.39 is 5.97 Å². The van der Waals surface area contributed by atoms with Gasteiger partial charge in [0.1, 0.15) is 5.75 Å². The Bertz CT molecular complexity index is 476. The van der Waals surface area contributed by atoms with Gasteiger partial charge in [-0.1, -0.05) is 6.07 Å². The maximum absolute atomic E-state index is 10.5. The summed E-state index contributed by atoms with van der Waals surface area (Å²) in [7, 11) is 1.66. The van der Waals surface area contributed by atoms with Crippen LogP contribution in [0.4, 0.5) is 0 Å². The second-order valence-corrected chi connectivity index (χ2v) is 4.73. The number of carboxylic acid groups (broad SMARTS) is 1. The lowest BCUT2D eigenvalue weighted by Crippen LogP contribution is -2.18. The Labute approximate surface area is 113 Å². The summed E-state index contributed by atoms with van der Waals surface area (Å²) in [4.78, 5) is 12.9. The molecule has 1 heterocycles. The maximum atomic E-state index is 10.5. The number of benzene rings is 1. The normalized spacial score (nSPS) is 16.1. The van der Waals surface area contributed by atoms with E-state index in [0.717, 1.165) is 42.6 Å². The minimum atomic E-state index is -0.933. The highest BCUT2D eigenvalue weighted by molar-refractivity contribution is 5.85. The lowest BCUT2D eigenvalue weighted by Gasteiger charge is -2.17. The highest BCUT2D eigenvalue weighted by Crippen LogP contribution is 2.24. The lowest BCUT2D eigenvalue weighted by molar-refractivity contribution is -0.131. The van der Waals surface area contributed by atoms with Crippen molar-refractivity contribution in [1.29, 1.82) is 0 Å². The van der Waals surface area contributed by atoms with E-state index in [-0.39, 0.29) is 0 Å². The standard InChI is InChI=1S/C15H19NO3/c1-19-14-6-4-12(5-7-15(17)18)10-13(14)11-16-8-2-3-9-16/h4-7,10H,2-3,8-9,11H2,1H3,(H,17,18). The van der Waals surface area contributed by atoms with Crippen molar-refractivity contribution >= 4 is 12.0 Å². The predicted octanol–water partition coefficient (Wildman–Crippen LogP) is 2.39. The van der Waals surface area contributed by atoms with Crippen molar-refractivity contribution in [3.05, 3.63) is 35.4 Å². The van der Waals surface area contributed by atoms with Crippen molar-refractivity contribution < 1.29 is 14.6 Å². The zero-order valence-electron chi connectivity index (χ0n) is 11.1. The molecule has 0 bridgehead atoms. The van der Waals surface area contributed by atoms with Crippen LogP contribution in [0.1, 0.15) is 24.0 Å². The molecule has 1 aliphatic rings. The van der Waals surface area contributed by atoms with Gasteiger partial charge < -0.3 is 9.84 Å². The zero-order valence-corrected chi connectivity index (χ0v) is 11.1. The van der Waals surface area contributed by atoms with Crippen molar-refractivity contribution in [2.45, 2.75) is 19.4 Å². The molecule has 0 spiro atoms. The highest BCUT2D eigenvalue weighted by atomic mass is 16.5. The smallest absolute Gasteiger partial charge is 0.328 e. The molecular weight excluding hydrogens is 242 g/mol. The number of carbonyl (C=O) groups is 1. The second kappa shape index (κ2) is 6.38. The Morgan fingerprint density at radius 1 is 1.42 bits per heavy atom. The first-order chi connectivity index (χ1) is 9.19. The van der Waals surface area contributed by atoms with Gasteiger partial charge in [-0.2, -0.15) is 0 Å². The van der Waals surface area contributed by atoms with E-state index in [0.29, 0.717) is 0 Å². The summed E-state index contributed by atoms with van der Waals surface area (Å²) in [6.45, 7) is 3.11. The van der Waals surface area contributed by atoms with Crippen LogP contribution in [0.5, 0.6) is 5.75 Å².